The number of methoxy groups -OCH3 is 1. The van der Waals surface area contributed by atoms with Gasteiger partial charge in [-0.2, -0.15) is 5.10 Å². The molecule has 5 nitrogen and oxygen atoms in total. The molecule has 1 heterocycles. The number of likely N-dealkylation sites (N-methyl/N-ethyl adjacent to an activating group) is 1. The van der Waals surface area contributed by atoms with E-state index in [-0.39, 0.29) is 6.04 Å². The van der Waals surface area contributed by atoms with E-state index >= 15 is 0 Å². The van der Waals surface area contributed by atoms with E-state index in [1.807, 2.05) is 11.7 Å². The van der Waals surface area contributed by atoms with Crippen molar-refractivity contribution >= 4 is 5.82 Å². The Bertz CT molecular complexity index is 402. The van der Waals surface area contributed by atoms with Crippen LogP contribution in [0.1, 0.15) is 31.5 Å². The van der Waals surface area contributed by atoms with Crippen LogP contribution < -0.4 is 10.6 Å². The monoisotopic (exact) mass is 268 g/mol. The van der Waals surface area contributed by atoms with Gasteiger partial charge < -0.3 is 15.4 Å². The topological polar surface area (TPSA) is 56.3 Å². The van der Waals surface area contributed by atoms with Gasteiger partial charge in [0.05, 0.1) is 18.3 Å². The van der Waals surface area contributed by atoms with Crippen molar-refractivity contribution in [2.75, 3.05) is 25.7 Å². The zero-order valence-corrected chi connectivity index (χ0v) is 13.1. The second-order valence-corrected chi connectivity index (χ2v) is 5.30. The molecule has 1 rings (SSSR count). The van der Waals surface area contributed by atoms with E-state index in [2.05, 4.69) is 37.8 Å². The number of aromatic nitrogens is 2. The lowest BCUT2D eigenvalue weighted by Gasteiger charge is -2.28. The first-order valence-electron chi connectivity index (χ1n) is 6.92. The van der Waals surface area contributed by atoms with Gasteiger partial charge in [-0.3, -0.25) is 4.68 Å². The number of nitrogens with two attached hydrogens (primary N) is 1. The molecule has 0 saturated carbocycles. The summed E-state index contributed by atoms with van der Waals surface area (Å²) in [7, 11) is 5.80. The average molecular weight is 268 g/mol. The second-order valence-electron chi connectivity index (χ2n) is 5.30. The Kier molecular flexibility index (Phi) is 5.82. The minimum absolute atomic E-state index is 0.188. The van der Waals surface area contributed by atoms with Crippen molar-refractivity contribution in [1.82, 2.24) is 9.78 Å². The van der Waals surface area contributed by atoms with Gasteiger partial charge in [0, 0.05) is 32.8 Å². The highest BCUT2D eigenvalue weighted by atomic mass is 16.5. The Morgan fingerprint density at radius 3 is 2.63 bits per heavy atom. The molecule has 1 aromatic heterocycles. The molecular formula is C14H28N4O. The summed E-state index contributed by atoms with van der Waals surface area (Å²) in [5, 5.41) is 4.54. The summed E-state index contributed by atoms with van der Waals surface area (Å²) in [6.07, 6.45) is 1.85. The molecule has 0 radical (unpaired) electrons. The fourth-order valence-electron chi connectivity index (χ4n) is 2.34. The van der Waals surface area contributed by atoms with Crippen molar-refractivity contribution in [1.29, 1.82) is 0 Å². The third-order valence-electron chi connectivity index (χ3n) is 3.71. The molecule has 2 atom stereocenters. The average Bonchev–Trinajstić information content (AvgIpc) is 2.63. The molecule has 19 heavy (non-hydrogen) atoms. The van der Waals surface area contributed by atoms with Crippen LogP contribution >= 0.6 is 0 Å². The molecule has 0 aromatic carbocycles. The smallest absolute Gasteiger partial charge is 0.130 e. The van der Waals surface area contributed by atoms with Crippen molar-refractivity contribution in [3.8, 4) is 0 Å². The van der Waals surface area contributed by atoms with E-state index in [0.29, 0.717) is 12.6 Å². The van der Waals surface area contributed by atoms with Gasteiger partial charge in [0.2, 0.25) is 0 Å². The molecule has 0 aliphatic heterocycles. The van der Waals surface area contributed by atoms with Crippen molar-refractivity contribution in [2.45, 2.75) is 45.7 Å². The molecule has 0 fully saturated rings. The predicted molar refractivity (Wildman–Crippen MR) is 79.7 cm³/mol. The van der Waals surface area contributed by atoms with Gasteiger partial charge >= 0.3 is 0 Å². The van der Waals surface area contributed by atoms with E-state index in [0.717, 1.165) is 24.4 Å². The predicted octanol–water partition coefficient (Wildman–Crippen LogP) is 1.48. The van der Waals surface area contributed by atoms with Gasteiger partial charge in [0.1, 0.15) is 5.82 Å². The number of anilines is 1. The van der Waals surface area contributed by atoms with Gasteiger partial charge in [0.25, 0.3) is 0 Å². The van der Waals surface area contributed by atoms with Crippen LogP contribution in [0.5, 0.6) is 0 Å². The van der Waals surface area contributed by atoms with Gasteiger partial charge in [-0.15, -0.1) is 0 Å². The van der Waals surface area contributed by atoms with Gasteiger partial charge in [-0.05, 0) is 26.7 Å². The van der Waals surface area contributed by atoms with Crippen LogP contribution in [-0.2, 0) is 18.2 Å². The van der Waals surface area contributed by atoms with Gasteiger partial charge in [-0.1, -0.05) is 6.92 Å². The Hall–Kier alpha value is -1.07. The molecule has 0 bridgehead atoms. The molecule has 0 saturated heterocycles. The molecule has 2 unspecified atom stereocenters. The Morgan fingerprint density at radius 1 is 1.47 bits per heavy atom. The van der Waals surface area contributed by atoms with Crippen LogP contribution in [0.2, 0.25) is 0 Å². The Balaban J connectivity index is 3.04. The highest BCUT2D eigenvalue weighted by Gasteiger charge is 2.21. The summed E-state index contributed by atoms with van der Waals surface area (Å²) in [5.74, 6) is 1.14. The van der Waals surface area contributed by atoms with E-state index in [1.54, 1.807) is 7.11 Å². The maximum absolute atomic E-state index is 6.11. The summed E-state index contributed by atoms with van der Waals surface area (Å²) in [6.45, 7) is 7.01. The first kappa shape index (κ1) is 16.0. The first-order chi connectivity index (χ1) is 8.92. The van der Waals surface area contributed by atoms with E-state index in [4.69, 9.17) is 10.5 Å². The fraction of sp³-hybridized carbons (Fsp3) is 0.786. The lowest BCUT2D eigenvalue weighted by atomic mass is 10.0. The molecule has 0 aliphatic rings. The van der Waals surface area contributed by atoms with Gasteiger partial charge in [0.15, 0.2) is 0 Å². The maximum Gasteiger partial charge on any atom is 0.130 e. The van der Waals surface area contributed by atoms with E-state index in [1.165, 1.54) is 5.56 Å². The van der Waals surface area contributed by atoms with Crippen LogP contribution in [0.25, 0.3) is 0 Å². The van der Waals surface area contributed by atoms with Crippen molar-refractivity contribution in [3.05, 3.63) is 11.3 Å². The number of nitrogens with zero attached hydrogens (tertiary/aromatic N) is 3. The number of hydrogen-bond acceptors (Lipinski definition) is 4. The molecule has 0 spiro atoms. The summed E-state index contributed by atoms with van der Waals surface area (Å²) in [6, 6.07) is 0.490. The largest absolute Gasteiger partial charge is 0.383 e. The standard InChI is InChI=1S/C14H28N4O/c1-7-12(15)8-13-11(3)16-18(5)14(13)17(4)10(2)9-19-6/h10,12H,7-9,15H2,1-6H3. The molecule has 5 heteroatoms. The third kappa shape index (κ3) is 3.70. The molecule has 0 amide bonds. The van der Waals surface area contributed by atoms with E-state index < -0.39 is 0 Å². The normalized spacial score (nSPS) is 14.5. The molecule has 1 aromatic rings. The third-order valence-corrected chi connectivity index (χ3v) is 3.71. The Labute approximate surface area is 116 Å². The summed E-state index contributed by atoms with van der Waals surface area (Å²) < 4.78 is 7.18. The van der Waals surface area contributed by atoms with E-state index in [9.17, 15) is 0 Å². The first-order valence-corrected chi connectivity index (χ1v) is 6.92. The molecular weight excluding hydrogens is 240 g/mol. The maximum atomic E-state index is 6.11. The highest BCUT2D eigenvalue weighted by molar-refractivity contribution is 5.50. The zero-order valence-electron chi connectivity index (χ0n) is 13.1. The summed E-state index contributed by atoms with van der Waals surface area (Å²) in [5.41, 5.74) is 8.43. The lowest BCUT2D eigenvalue weighted by Crippen LogP contribution is -2.35. The SMILES string of the molecule is CCC(N)Cc1c(C)nn(C)c1N(C)C(C)COC. The number of hydrogen-bond donors (Lipinski definition) is 1. The molecule has 110 valence electrons. The lowest BCUT2D eigenvalue weighted by molar-refractivity contribution is 0.183. The minimum Gasteiger partial charge on any atom is -0.383 e. The number of aryl methyl sites for hydroxylation is 2. The second kappa shape index (κ2) is 6.91. The summed E-state index contributed by atoms with van der Waals surface area (Å²) in [4.78, 5) is 2.22. The van der Waals surface area contributed by atoms with Crippen molar-refractivity contribution < 1.29 is 4.74 Å². The van der Waals surface area contributed by atoms with Crippen LogP contribution in [0.15, 0.2) is 0 Å². The van der Waals surface area contributed by atoms with Gasteiger partial charge in [-0.25, -0.2) is 0 Å². The van der Waals surface area contributed by atoms with Crippen LogP contribution in [0.3, 0.4) is 0 Å². The summed E-state index contributed by atoms with van der Waals surface area (Å²) >= 11 is 0. The van der Waals surface area contributed by atoms with Crippen LogP contribution in [0, 0.1) is 6.92 Å². The Morgan fingerprint density at radius 2 is 2.11 bits per heavy atom. The molecule has 0 aliphatic carbocycles. The number of rotatable bonds is 7. The highest BCUT2D eigenvalue weighted by Crippen LogP contribution is 2.25. The number of ether oxygens (including phenoxy) is 1. The fourth-order valence-corrected chi connectivity index (χ4v) is 2.34. The van der Waals surface area contributed by atoms with Crippen LogP contribution in [-0.4, -0.2) is 42.6 Å². The van der Waals surface area contributed by atoms with Crippen molar-refractivity contribution in [3.63, 3.8) is 0 Å². The zero-order chi connectivity index (χ0) is 14.6. The van der Waals surface area contributed by atoms with Crippen molar-refractivity contribution in [2.24, 2.45) is 12.8 Å². The quantitative estimate of drug-likeness (QED) is 0.814. The van der Waals surface area contributed by atoms with Crippen LogP contribution in [0.4, 0.5) is 5.82 Å². The minimum atomic E-state index is 0.188. The molecule has 2 N–H and O–H groups in total.